The van der Waals surface area contributed by atoms with Gasteiger partial charge in [-0.25, -0.2) is 9.18 Å². The molecule has 0 atom stereocenters. The number of halogens is 1. The van der Waals surface area contributed by atoms with Crippen molar-refractivity contribution >= 4 is 6.09 Å². The smallest absolute Gasteiger partial charge is 0.410 e. The summed E-state index contributed by atoms with van der Waals surface area (Å²) in [7, 11) is 0. The molecule has 1 aromatic carbocycles. The van der Waals surface area contributed by atoms with Crippen LogP contribution in [0.1, 0.15) is 0 Å². The second-order valence-corrected chi connectivity index (χ2v) is 3.49. The van der Waals surface area contributed by atoms with Crippen LogP contribution in [0.5, 0.6) is 5.75 Å². The van der Waals surface area contributed by atoms with Crippen LogP contribution in [0, 0.1) is 5.82 Å². The molecule has 1 aromatic rings. The van der Waals surface area contributed by atoms with Crippen LogP contribution < -0.4 is 10.5 Å². The third kappa shape index (κ3) is 2.24. The first-order chi connectivity index (χ1) is 7.15. The van der Waals surface area contributed by atoms with Gasteiger partial charge in [0.2, 0.25) is 0 Å². The van der Waals surface area contributed by atoms with Gasteiger partial charge in [-0.1, -0.05) is 0 Å². The lowest BCUT2D eigenvalue weighted by Crippen LogP contribution is -2.58. The van der Waals surface area contributed by atoms with E-state index in [2.05, 4.69) is 0 Å². The molecule has 1 aliphatic heterocycles. The van der Waals surface area contributed by atoms with E-state index < -0.39 is 6.09 Å². The first kappa shape index (κ1) is 9.92. The molecule has 4 nitrogen and oxygen atoms in total. The van der Waals surface area contributed by atoms with Crippen molar-refractivity contribution in [2.24, 2.45) is 5.73 Å². The third-order valence-corrected chi connectivity index (χ3v) is 2.19. The number of amides is 1. The molecule has 1 saturated heterocycles. The summed E-state index contributed by atoms with van der Waals surface area (Å²) in [6.45, 7) is 1.03. The van der Waals surface area contributed by atoms with Gasteiger partial charge in [0.25, 0.3) is 0 Å². The summed E-state index contributed by atoms with van der Waals surface area (Å²) in [5.74, 6) is -0.0253. The van der Waals surface area contributed by atoms with Gasteiger partial charge in [0.15, 0.2) is 0 Å². The van der Waals surface area contributed by atoms with Crippen LogP contribution in [0.4, 0.5) is 9.18 Å². The highest BCUT2D eigenvalue weighted by molar-refractivity contribution is 5.71. The van der Waals surface area contributed by atoms with E-state index in [0.29, 0.717) is 18.8 Å². The molecular weight excluding hydrogens is 199 g/mol. The fraction of sp³-hybridized carbons (Fsp3) is 0.300. The summed E-state index contributed by atoms with van der Waals surface area (Å²) in [5.41, 5.74) is 5.52. The van der Waals surface area contributed by atoms with Gasteiger partial charge in [0.1, 0.15) is 11.6 Å². The highest BCUT2D eigenvalue weighted by atomic mass is 19.1. The number of nitrogens with zero attached hydrogens (tertiary/aromatic N) is 1. The molecule has 1 heterocycles. The quantitative estimate of drug-likeness (QED) is 0.751. The molecule has 1 aliphatic rings. The Morgan fingerprint density at radius 2 is 2.00 bits per heavy atom. The Bertz CT molecular complexity index is 360. The van der Waals surface area contributed by atoms with E-state index in [0.717, 1.165) is 0 Å². The Morgan fingerprint density at radius 1 is 1.40 bits per heavy atom. The molecule has 15 heavy (non-hydrogen) atoms. The van der Waals surface area contributed by atoms with Crippen LogP contribution in [0.25, 0.3) is 0 Å². The Kier molecular flexibility index (Phi) is 2.55. The van der Waals surface area contributed by atoms with E-state index in [9.17, 15) is 9.18 Å². The summed E-state index contributed by atoms with van der Waals surface area (Å²) in [5, 5.41) is 0. The maximum atomic E-state index is 12.5. The van der Waals surface area contributed by atoms with Crippen molar-refractivity contribution in [2.45, 2.75) is 6.04 Å². The number of hydrogen-bond donors (Lipinski definition) is 1. The highest BCUT2D eigenvalue weighted by Gasteiger charge is 2.28. The minimum Gasteiger partial charge on any atom is -0.410 e. The normalized spacial score (nSPS) is 16.0. The van der Waals surface area contributed by atoms with Gasteiger partial charge >= 0.3 is 6.09 Å². The molecule has 2 rings (SSSR count). The first-order valence-corrected chi connectivity index (χ1v) is 4.63. The average Bonchev–Trinajstić information content (AvgIpc) is 2.17. The Morgan fingerprint density at radius 3 is 2.53 bits per heavy atom. The molecule has 0 aromatic heterocycles. The van der Waals surface area contributed by atoms with Crippen molar-refractivity contribution in [2.75, 3.05) is 13.1 Å². The van der Waals surface area contributed by atoms with Crippen molar-refractivity contribution in [1.29, 1.82) is 0 Å². The largest absolute Gasteiger partial charge is 0.415 e. The standard InChI is InChI=1S/C10H11FN2O2/c11-7-1-3-9(4-2-7)15-10(14)13-5-8(12)6-13/h1-4,8H,5-6,12H2. The predicted molar refractivity (Wildman–Crippen MR) is 52.0 cm³/mol. The molecule has 0 spiro atoms. The Hall–Kier alpha value is -1.62. The summed E-state index contributed by atoms with van der Waals surface area (Å²) in [4.78, 5) is 12.9. The van der Waals surface area contributed by atoms with Gasteiger partial charge in [0, 0.05) is 19.1 Å². The number of nitrogens with two attached hydrogens (primary N) is 1. The van der Waals surface area contributed by atoms with Crippen molar-refractivity contribution in [3.8, 4) is 5.75 Å². The van der Waals surface area contributed by atoms with Crippen LogP contribution in [-0.2, 0) is 0 Å². The molecule has 1 fully saturated rings. The number of ether oxygens (including phenoxy) is 1. The van der Waals surface area contributed by atoms with Crippen LogP contribution in [0.15, 0.2) is 24.3 Å². The molecule has 0 unspecified atom stereocenters. The number of likely N-dealkylation sites (tertiary alicyclic amines) is 1. The number of carbonyl (C=O) groups excluding carboxylic acids is 1. The van der Waals surface area contributed by atoms with Crippen molar-refractivity contribution < 1.29 is 13.9 Å². The Balaban J connectivity index is 1.91. The monoisotopic (exact) mass is 210 g/mol. The fourth-order valence-corrected chi connectivity index (χ4v) is 1.33. The lowest BCUT2D eigenvalue weighted by Gasteiger charge is -2.35. The zero-order chi connectivity index (χ0) is 10.8. The van der Waals surface area contributed by atoms with Crippen LogP contribution in [0.2, 0.25) is 0 Å². The fourth-order valence-electron chi connectivity index (χ4n) is 1.33. The van der Waals surface area contributed by atoms with Gasteiger partial charge in [-0.3, -0.25) is 0 Å². The van der Waals surface area contributed by atoms with Gasteiger partial charge < -0.3 is 15.4 Å². The molecule has 0 bridgehead atoms. The first-order valence-electron chi connectivity index (χ1n) is 4.63. The number of carbonyl (C=O) groups is 1. The predicted octanol–water partition coefficient (Wildman–Crippen LogP) is 0.967. The minimum absolute atomic E-state index is 0.0470. The summed E-state index contributed by atoms with van der Waals surface area (Å²) in [6, 6.07) is 5.35. The molecule has 0 radical (unpaired) electrons. The molecule has 80 valence electrons. The number of rotatable bonds is 1. The van der Waals surface area contributed by atoms with E-state index in [4.69, 9.17) is 10.5 Å². The van der Waals surface area contributed by atoms with E-state index >= 15 is 0 Å². The minimum atomic E-state index is -0.441. The second kappa shape index (κ2) is 3.86. The zero-order valence-electron chi connectivity index (χ0n) is 8.02. The van der Waals surface area contributed by atoms with Crippen LogP contribution in [0.3, 0.4) is 0 Å². The van der Waals surface area contributed by atoms with Crippen molar-refractivity contribution in [1.82, 2.24) is 4.90 Å². The van der Waals surface area contributed by atoms with E-state index in [1.807, 2.05) is 0 Å². The molecule has 0 saturated carbocycles. The molecule has 5 heteroatoms. The topological polar surface area (TPSA) is 55.6 Å². The molecular formula is C10H11FN2O2. The Labute approximate surface area is 86.4 Å². The van der Waals surface area contributed by atoms with E-state index in [1.165, 1.54) is 29.2 Å². The van der Waals surface area contributed by atoms with Gasteiger partial charge in [0.05, 0.1) is 0 Å². The van der Waals surface area contributed by atoms with Crippen molar-refractivity contribution in [3.05, 3.63) is 30.1 Å². The average molecular weight is 210 g/mol. The lowest BCUT2D eigenvalue weighted by atomic mass is 10.1. The van der Waals surface area contributed by atoms with Gasteiger partial charge in [-0.2, -0.15) is 0 Å². The van der Waals surface area contributed by atoms with E-state index in [-0.39, 0.29) is 11.9 Å². The molecule has 2 N–H and O–H groups in total. The summed E-state index contributed by atoms with van der Waals surface area (Å²) >= 11 is 0. The summed E-state index contributed by atoms with van der Waals surface area (Å²) < 4.78 is 17.5. The maximum absolute atomic E-state index is 12.5. The lowest BCUT2D eigenvalue weighted by molar-refractivity contribution is 0.113. The van der Waals surface area contributed by atoms with Crippen molar-refractivity contribution in [3.63, 3.8) is 0 Å². The van der Waals surface area contributed by atoms with Gasteiger partial charge in [-0.05, 0) is 24.3 Å². The number of benzene rings is 1. The van der Waals surface area contributed by atoms with Crippen LogP contribution in [-0.4, -0.2) is 30.1 Å². The van der Waals surface area contributed by atoms with Gasteiger partial charge in [-0.15, -0.1) is 0 Å². The molecule has 1 amide bonds. The maximum Gasteiger partial charge on any atom is 0.415 e. The number of hydrogen-bond acceptors (Lipinski definition) is 3. The van der Waals surface area contributed by atoms with E-state index in [1.54, 1.807) is 0 Å². The summed E-state index contributed by atoms with van der Waals surface area (Å²) in [6.07, 6.45) is -0.441. The molecule has 0 aliphatic carbocycles. The SMILES string of the molecule is NC1CN(C(=O)Oc2ccc(F)cc2)C1. The highest BCUT2D eigenvalue weighted by Crippen LogP contribution is 2.14. The van der Waals surface area contributed by atoms with Crippen LogP contribution >= 0.6 is 0 Å². The second-order valence-electron chi connectivity index (χ2n) is 3.49. The third-order valence-electron chi connectivity index (χ3n) is 2.19. The zero-order valence-corrected chi connectivity index (χ0v) is 8.02.